The Bertz CT molecular complexity index is 1400. The van der Waals surface area contributed by atoms with E-state index in [0.717, 1.165) is 36.1 Å². The molecule has 1 saturated carbocycles. The molecule has 3 aromatic rings. The molecule has 42 heavy (non-hydrogen) atoms. The minimum Gasteiger partial charge on any atom is -0.481 e. The zero-order valence-corrected chi connectivity index (χ0v) is 23.5. The highest BCUT2D eigenvalue weighted by atomic mass is 19.4. The molecule has 1 aliphatic rings. The van der Waals surface area contributed by atoms with Gasteiger partial charge in [-0.25, -0.2) is 0 Å². The Kier molecular flexibility index (Phi) is 10.1. The molecule has 2 amide bonds. The van der Waals surface area contributed by atoms with E-state index in [-0.39, 0.29) is 25.1 Å². The lowest BCUT2D eigenvalue weighted by molar-refractivity contribution is -0.138. The average molecular weight is 578 g/mol. The molecular weight excluding hydrogens is 544 g/mol. The summed E-state index contributed by atoms with van der Waals surface area (Å²) in [4.78, 5) is 36.6. The third-order valence-electron chi connectivity index (χ3n) is 7.68. The van der Waals surface area contributed by atoms with Crippen molar-refractivity contribution in [3.05, 3.63) is 94.5 Å². The van der Waals surface area contributed by atoms with Crippen molar-refractivity contribution < 1.29 is 32.7 Å². The highest BCUT2D eigenvalue weighted by molar-refractivity contribution is 6.32. The summed E-state index contributed by atoms with van der Waals surface area (Å²) in [5, 5.41) is 14.0. The fourth-order valence-electron chi connectivity index (χ4n) is 5.46. The van der Waals surface area contributed by atoms with E-state index in [9.17, 15) is 27.6 Å². The zero-order chi connectivity index (χ0) is 30.3. The van der Waals surface area contributed by atoms with Crippen LogP contribution in [0.1, 0.15) is 83.0 Å². The molecule has 0 aromatic heterocycles. The molecule has 1 fully saturated rings. The summed E-state index contributed by atoms with van der Waals surface area (Å²) >= 11 is 0. The number of hydrogen-bond acceptors (Lipinski definition) is 3. The van der Waals surface area contributed by atoms with Crippen molar-refractivity contribution in [2.75, 3.05) is 11.9 Å². The molecule has 3 aromatic carbocycles. The Labute approximate surface area is 244 Å². The summed E-state index contributed by atoms with van der Waals surface area (Å²) in [7, 11) is 1.55. The van der Waals surface area contributed by atoms with E-state index in [4.69, 9.17) is 5.11 Å². The van der Waals surface area contributed by atoms with Gasteiger partial charge in [-0.1, -0.05) is 67.2 Å². The molecule has 6 nitrogen and oxygen atoms in total. The molecule has 220 valence electrons. The first-order chi connectivity index (χ1) is 20.0. The fourth-order valence-corrected chi connectivity index (χ4v) is 5.46. The van der Waals surface area contributed by atoms with Gasteiger partial charge in [0.1, 0.15) is 7.85 Å². The number of halogens is 3. The Morgan fingerprint density at radius 1 is 0.929 bits per heavy atom. The number of anilines is 1. The zero-order valence-electron chi connectivity index (χ0n) is 23.5. The van der Waals surface area contributed by atoms with Crippen molar-refractivity contribution >= 4 is 36.8 Å². The maximum absolute atomic E-state index is 13.6. The molecule has 0 bridgehead atoms. The number of benzene rings is 3. The number of alkyl halides is 3. The van der Waals surface area contributed by atoms with Gasteiger partial charge in [0.05, 0.1) is 17.9 Å². The third kappa shape index (κ3) is 8.47. The van der Waals surface area contributed by atoms with Crippen LogP contribution in [0.25, 0.3) is 0 Å². The van der Waals surface area contributed by atoms with Gasteiger partial charge in [0.25, 0.3) is 5.91 Å². The summed E-state index contributed by atoms with van der Waals surface area (Å²) < 4.78 is 40.2. The van der Waals surface area contributed by atoms with Crippen molar-refractivity contribution in [2.24, 2.45) is 0 Å². The Morgan fingerprint density at radius 2 is 1.60 bits per heavy atom. The maximum Gasteiger partial charge on any atom is 0.416 e. The number of aliphatic carboxylic acids is 1. The maximum atomic E-state index is 13.6. The van der Waals surface area contributed by atoms with Crippen LogP contribution in [0.4, 0.5) is 18.9 Å². The van der Waals surface area contributed by atoms with Gasteiger partial charge < -0.3 is 15.7 Å². The van der Waals surface area contributed by atoms with E-state index in [2.05, 4.69) is 10.6 Å². The van der Waals surface area contributed by atoms with Gasteiger partial charge in [0, 0.05) is 17.8 Å². The predicted octanol–water partition coefficient (Wildman–Crippen LogP) is 5.18. The SMILES string of the molecule is Bc1cc(NC(=O)C(Cc2ccc(C(=O)NCCC(=O)O)cc2)c2ccc(C3CCCCC3)cc2)cc(C(F)(F)F)c1. The Hall–Kier alpha value is -4.08. The molecule has 10 heteroatoms. The molecule has 0 aliphatic heterocycles. The van der Waals surface area contributed by atoms with Crippen LogP contribution in [-0.2, 0) is 22.2 Å². The number of hydrogen-bond donors (Lipinski definition) is 3. The van der Waals surface area contributed by atoms with Crippen LogP contribution in [0.5, 0.6) is 0 Å². The normalized spacial score (nSPS) is 14.6. The number of carboxylic acids is 1. The van der Waals surface area contributed by atoms with Gasteiger partial charge in [0.15, 0.2) is 0 Å². The van der Waals surface area contributed by atoms with Gasteiger partial charge in [-0.3, -0.25) is 14.4 Å². The summed E-state index contributed by atoms with van der Waals surface area (Å²) in [6, 6.07) is 18.1. The van der Waals surface area contributed by atoms with E-state index >= 15 is 0 Å². The van der Waals surface area contributed by atoms with E-state index in [1.807, 2.05) is 24.3 Å². The van der Waals surface area contributed by atoms with Crippen LogP contribution in [0, 0.1) is 0 Å². The topological polar surface area (TPSA) is 95.5 Å². The van der Waals surface area contributed by atoms with Crippen LogP contribution < -0.4 is 16.1 Å². The van der Waals surface area contributed by atoms with Crippen LogP contribution in [0.2, 0.25) is 0 Å². The standard InChI is InChI=1S/C32H34BF3N2O4/c33-26-17-25(32(34,35)36)18-27(19-26)38-31(42)28(23-12-10-22(11-13-23)21-4-2-1-3-5-21)16-20-6-8-24(9-7-20)30(41)37-15-14-29(39)40/h6-13,17-19,21,28H,1-5,14-16,33H2,(H,37,41)(H,38,42)(H,39,40). The molecule has 0 heterocycles. The van der Waals surface area contributed by atoms with E-state index < -0.39 is 35.4 Å². The predicted molar refractivity (Wildman–Crippen MR) is 158 cm³/mol. The third-order valence-corrected chi connectivity index (χ3v) is 7.68. The average Bonchev–Trinajstić information content (AvgIpc) is 2.96. The van der Waals surface area contributed by atoms with E-state index in [1.165, 1.54) is 30.9 Å². The minimum atomic E-state index is -4.54. The van der Waals surface area contributed by atoms with Gasteiger partial charge in [-0.15, -0.1) is 0 Å². The summed E-state index contributed by atoms with van der Waals surface area (Å²) in [6.07, 6.45) is 1.43. The van der Waals surface area contributed by atoms with Gasteiger partial charge >= 0.3 is 12.1 Å². The second kappa shape index (κ2) is 13.7. The molecule has 3 N–H and O–H groups in total. The van der Waals surface area contributed by atoms with Crippen molar-refractivity contribution in [3.63, 3.8) is 0 Å². The van der Waals surface area contributed by atoms with Gasteiger partial charge in [0.2, 0.25) is 5.91 Å². The number of rotatable bonds is 10. The molecule has 0 spiro atoms. The molecular formula is C32H34BF3N2O4. The highest BCUT2D eigenvalue weighted by Gasteiger charge is 2.31. The summed E-state index contributed by atoms with van der Waals surface area (Å²) in [6.45, 7) is 0.00400. The number of carbonyl (C=O) groups excluding carboxylic acids is 2. The second-order valence-electron chi connectivity index (χ2n) is 10.9. The molecule has 1 unspecified atom stereocenters. The van der Waals surface area contributed by atoms with Crippen molar-refractivity contribution in [1.82, 2.24) is 5.32 Å². The Balaban J connectivity index is 1.56. The summed E-state index contributed by atoms with van der Waals surface area (Å²) in [5.41, 5.74) is 2.70. The number of amides is 2. The monoisotopic (exact) mass is 578 g/mol. The molecule has 1 atom stereocenters. The summed E-state index contributed by atoms with van der Waals surface area (Å²) in [5.74, 6) is -2.06. The first-order valence-corrected chi connectivity index (χ1v) is 14.2. The number of nitrogens with one attached hydrogen (secondary N) is 2. The largest absolute Gasteiger partial charge is 0.481 e. The molecule has 0 radical (unpaired) electrons. The van der Waals surface area contributed by atoms with Gasteiger partial charge in [-0.2, -0.15) is 13.2 Å². The van der Waals surface area contributed by atoms with Crippen LogP contribution in [0.15, 0.2) is 66.7 Å². The van der Waals surface area contributed by atoms with E-state index in [1.54, 1.807) is 32.1 Å². The van der Waals surface area contributed by atoms with Crippen molar-refractivity contribution in [3.8, 4) is 0 Å². The minimum absolute atomic E-state index is 0.00400. The van der Waals surface area contributed by atoms with E-state index in [0.29, 0.717) is 16.9 Å². The second-order valence-corrected chi connectivity index (χ2v) is 10.9. The first kappa shape index (κ1) is 30.9. The fraction of sp³-hybridized carbons (Fsp3) is 0.344. The molecule has 4 rings (SSSR count). The quantitative estimate of drug-likeness (QED) is 0.289. The van der Waals surface area contributed by atoms with Crippen LogP contribution in [0.3, 0.4) is 0 Å². The van der Waals surface area contributed by atoms with Gasteiger partial charge in [-0.05, 0) is 66.1 Å². The van der Waals surface area contributed by atoms with Crippen molar-refractivity contribution in [1.29, 1.82) is 0 Å². The lowest BCUT2D eigenvalue weighted by atomic mass is 9.83. The Morgan fingerprint density at radius 3 is 2.21 bits per heavy atom. The number of carboxylic acid groups (broad SMARTS) is 1. The van der Waals surface area contributed by atoms with Crippen molar-refractivity contribution in [2.45, 2.75) is 63.0 Å². The molecule has 1 aliphatic carbocycles. The van der Waals surface area contributed by atoms with Crippen LogP contribution >= 0.6 is 0 Å². The lowest BCUT2D eigenvalue weighted by Gasteiger charge is -2.23. The number of carbonyl (C=O) groups is 3. The lowest BCUT2D eigenvalue weighted by Crippen LogP contribution is -2.26. The first-order valence-electron chi connectivity index (χ1n) is 14.2. The highest BCUT2D eigenvalue weighted by Crippen LogP contribution is 2.34. The molecule has 0 saturated heterocycles. The van der Waals surface area contributed by atoms with Crippen LogP contribution in [-0.4, -0.2) is 37.3 Å². The smallest absolute Gasteiger partial charge is 0.416 e.